The fourth-order valence-corrected chi connectivity index (χ4v) is 3.04. The van der Waals surface area contributed by atoms with Crippen LogP contribution in [0.4, 0.5) is 0 Å². The van der Waals surface area contributed by atoms with Crippen LogP contribution in [0.2, 0.25) is 0 Å². The summed E-state index contributed by atoms with van der Waals surface area (Å²) in [6.45, 7) is 2.65. The molecule has 1 aromatic heterocycles. The fourth-order valence-electron chi connectivity index (χ4n) is 0.920. The molecule has 0 aromatic carbocycles. The highest BCUT2D eigenvalue weighted by Gasteiger charge is 2.13. The van der Waals surface area contributed by atoms with Gasteiger partial charge >= 0.3 is 0 Å². The van der Waals surface area contributed by atoms with Crippen LogP contribution in [-0.4, -0.2) is 11.5 Å². The maximum Gasteiger partial charge on any atom is 0.0765 e. The summed E-state index contributed by atoms with van der Waals surface area (Å²) in [6.07, 6.45) is 4.02. The summed E-state index contributed by atoms with van der Waals surface area (Å²) in [5.41, 5.74) is 6.00. The molecule has 1 aliphatic heterocycles. The third-order valence-corrected chi connectivity index (χ3v) is 3.72. The number of nitrogens with zero attached hydrogens (tertiary/aromatic N) is 1. The van der Waals surface area contributed by atoms with E-state index in [0.717, 1.165) is 12.2 Å². The molecule has 2 N–H and O–H groups in total. The average Bonchev–Trinajstić information content (AvgIpc) is 2.73. The molecule has 0 fully saturated rings. The van der Waals surface area contributed by atoms with Crippen LogP contribution >= 0.6 is 21.6 Å². The topological polar surface area (TPSA) is 38.9 Å². The monoisotopic (exact) mass is 226 g/mol. The van der Waals surface area contributed by atoms with Gasteiger partial charge in [0.2, 0.25) is 0 Å². The molecule has 0 radical (unpaired) electrons. The lowest BCUT2D eigenvalue weighted by atomic mass is 10.3. The van der Waals surface area contributed by atoms with Crippen molar-refractivity contribution in [1.29, 1.82) is 0 Å². The van der Waals surface area contributed by atoms with E-state index < -0.39 is 0 Å². The quantitative estimate of drug-likeness (QED) is 0.747. The zero-order valence-electron chi connectivity index (χ0n) is 8.09. The predicted octanol–water partition coefficient (Wildman–Crippen LogP) is 3.00. The second-order valence-corrected chi connectivity index (χ2v) is 4.92. The first-order chi connectivity index (χ1) is 6.88. The summed E-state index contributed by atoms with van der Waals surface area (Å²) < 4.78 is 0. The zero-order valence-corrected chi connectivity index (χ0v) is 9.72. The molecule has 0 spiro atoms. The average molecular weight is 226 g/mol. The standard InChI is InChI=1S/C8H7NS2.C2H7N/c1-2-5-9-7(3-1)8-4-6-10-11-8;1-2-3/h1-6,8H;2-3H2,1H3. The van der Waals surface area contributed by atoms with E-state index in [1.165, 1.54) is 0 Å². The molecule has 0 saturated heterocycles. The van der Waals surface area contributed by atoms with Crippen LogP contribution < -0.4 is 5.73 Å². The van der Waals surface area contributed by atoms with Crippen LogP contribution in [0, 0.1) is 0 Å². The Balaban J connectivity index is 0.000000293. The van der Waals surface area contributed by atoms with Gasteiger partial charge in [-0.15, -0.1) is 0 Å². The zero-order chi connectivity index (χ0) is 10.2. The van der Waals surface area contributed by atoms with E-state index in [0.29, 0.717) is 5.25 Å². The number of aromatic nitrogens is 1. The number of rotatable bonds is 1. The lowest BCUT2D eigenvalue weighted by Crippen LogP contribution is -1.88. The maximum atomic E-state index is 4.85. The van der Waals surface area contributed by atoms with Gasteiger partial charge in [0.05, 0.1) is 10.9 Å². The summed E-state index contributed by atoms with van der Waals surface area (Å²) in [5, 5.41) is 2.57. The summed E-state index contributed by atoms with van der Waals surface area (Å²) in [6, 6.07) is 6.04. The van der Waals surface area contributed by atoms with Crippen molar-refractivity contribution in [3.63, 3.8) is 0 Å². The lowest BCUT2D eigenvalue weighted by Gasteiger charge is -2.02. The van der Waals surface area contributed by atoms with Crippen molar-refractivity contribution in [3.8, 4) is 0 Å². The Kier molecular flexibility index (Phi) is 5.75. The molecule has 2 heterocycles. The predicted molar refractivity (Wildman–Crippen MR) is 66.0 cm³/mol. The SMILES string of the molecule is C1=CC(c2ccccn2)SS1.CCN. The molecule has 14 heavy (non-hydrogen) atoms. The third-order valence-electron chi connectivity index (χ3n) is 1.45. The van der Waals surface area contributed by atoms with Gasteiger partial charge in [0.15, 0.2) is 0 Å². The van der Waals surface area contributed by atoms with Crippen LogP contribution in [0.15, 0.2) is 35.9 Å². The van der Waals surface area contributed by atoms with Gasteiger partial charge in [-0.1, -0.05) is 40.7 Å². The lowest BCUT2D eigenvalue weighted by molar-refractivity contribution is 1.10. The molecular weight excluding hydrogens is 212 g/mol. The molecule has 1 aliphatic rings. The number of hydrogen-bond donors (Lipinski definition) is 1. The van der Waals surface area contributed by atoms with Gasteiger partial charge in [-0.3, -0.25) is 4.98 Å². The van der Waals surface area contributed by atoms with Crippen LogP contribution in [-0.2, 0) is 0 Å². The van der Waals surface area contributed by atoms with Crippen molar-refractivity contribution in [1.82, 2.24) is 4.98 Å². The molecule has 0 amide bonds. The molecule has 4 heteroatoms. The van der Waals surface area contributed by atoms with E-state index in [9.17, 15) is 0 Å². The largest absolute Gasteiger partial charge is 0.331 e. The summed E-state index contributed by atoms with van der Waals surface area (Å²) in [4.78, 5) is 4.28. The van der Waals surface area contributed by atoms with E-state index >= 15 is 0 Å². The molecule has 2 rings (SSSR count). The van der Waals surface area contributed by atoms with Crippen molar-refractivity contribution < 1.29 is 0 Å². The number of pyridine rings is 1. The molecule has 0 bridgehead atoms. The van der Waals surface area contributed by atoms with Gasteiger partial charge in [0.25, 0.3) is 0 Å². The molecule has 1 unspecified atom stereocenters. The third kappa shape index (κ3) is 3.74. The molecule has 0 saturated carbocycles. The first-order valence-corrected chi connectivity index (χ1v) is 6.76. The summed E-state index contributed by atoms with van der Waals surface area (Å²) in [5.74, 6) is 0. The van der Waals surface area contributed by atoms with Crippen molar-refractivity contribution >= 4 is 21.6 Å². The maximum absolute atomic E-state index is 4.85. The molecule has 76 valence electrons. The van der Waals surface area contributed by atoms with Crippen LogP contribution in [0.25, 0.3) is 0 Å². The molecule has 0 aliphatic carbocycles. The minimum atomic E-state index is 0.459. The Labute approximate surface area is 92.8 Å². The van der Waals surface area contributed by atoms with E-state index in [2.05, 4.69) is 22.5 Å². The summed E-state index contributed by atoms with van der Waals surface area (Å²) in [7, 11) is 3.61. The van der Waals surface area contributed by atoms with Gasteiger partial charge in [0.1, 0.15) is 0 Å². The van der Waals surface area contributed by atoms with Crippen LogP contribution in [0.5, 0.6) is 0 Å². The van der Waals surface area contributed by atoms with E-state index in [4.69, 9.17) is 5.73 Å². The number of nitrogens with two attached hydrogens (primary N) is 1. The molecular formula is C10H14N2S2. The minimum Gasteiger partial charge on any atom is -0.331 e. The Hall–Kier alpha value is -0.450. The Morgan fingerprint density at radius 1 is 1.50 bits per heavy atom. The highest BCUT2D eigenvalue weighted by Crippen LogP contribution is 2.44. The van der Waals surface area contributed by atoms with Crippen molar-refractivity contribution in [2.24, 2.45) is 5.73 Å². The molecule has 1 atom stereocenters. The number of hydrogen-bond acceptors (Lipinski definition) is 4. The molecule has 2 nitrogen and oxygen atoms in total. The van der Waals surface area contributed by atoms with E-state index in [1.54, 1.807) is 10.8 Å². The van der Waals surface area contributed by atoms with Crippen LogP contribution in [0.1, 0.15) is 17.9 Å². The Morgan fingerprint density at radius 2 is 2.29 bits per heavy atom. The smallest absolute Gasteiger partial charge is 0.0765 e. The Morgan fingerprint density at radius 3 is 2.79 bits per heavy atom. The Bertz CT molecular complexity index is 275. The van der Waals surface area contributed by atoms with E-state index in [1.807, 2.05) is 36.0 Å². The second kappa shape index (κ2) is 6.92. The second-order valence-electron chi connectivity index (χ2n) is 2.60. The normalized spacial score (nSPS) is 18.9. The highest BCUT2D eigenvalue weighted by molar-refractivity contribution is 8.78. The van der Waals surface area contributed by atoms with Crippen molar-refractivity contribution in [2.75, 3.05) is 6.54 Å². The van der Waals surface area contributed by atoms with Gasteiger partial charge in [-0.2, -0.15) is 0 Å². The van der Waals surface area contributed by atoms with Gasteiger partial charge < -0.3 is 5.73 Å². The van der Waals surface area contributed by atoms with Gasteiger partial charge in [0, 0.05) is 6.20 Å². The fraction of sp³-hybridized carbons (Fsp3) is 0.300. The first kappa shape index (κ1) is 11.6. The summed E-state index contributed by atoms with van der Waals surface area (Å²) >= 11 is 0. The van der Waals surface area contributed by atoms with E-state index in [-0.39, 0.29) is 0 Å². The van der Waals surface area contributed by atoms with Crippen molar-refractivity contribution in [2.45, 2.75) is 12.2 Å². The highest BCUT2D eigenvalue weighted by atomic mass is 33.1. The first-order valence-electron chi connectivity index (χ1n) is 4.48. The van der Waals surface area contributed by atoms with Gasteiger partial charge in [-0.25, -0.2) is 0 Å². The van der Waals surface area contributed by atoms with Crippen LogP contribution in [0.3, 0.4) is 0 Å². The molecule has 1 aromatic rings. The van der Waals surface area contributed by atoms with Crippen molar-refractivity contribution in [3.05, 3.63) is 41.6 Å². The minimum absolute atomic E-state index is 0.459. The van der Waals surface area contributed by atoms with Gasteiger partial charge in [-0.05, 0) is 24.1 Å².